The van der Waals surface area contributed by atoms with E-state index >= 15 is 0 Å². The second-order valence-corrected chi connectivity index (χ2v) is 7.45. The number of hydrogen-bond acceptors (Lipinski definition) is 3. The van der Waals surface area contributed by atoms with E-state index in [-0.39, 0.29) is 11.5 Å². The van der Waals surface area contributed by atoms with Gasteiger partial charge in [-0.25, -0.2) is 0 Å². The van der Waals surface area contributed by atoms with Crippen LogP contribution in [0, 0.1) is 0 Å². The Morgan fingerprint density at radius 2 is 1.74 bits per heavy atom. The maximum atomic E-state index is 12.3. The average molecular weight is 417 g/mol. The Labute approximate surface area is 170 Å². The van der Waals surface area contributed by atoms with Crippen molar-refractivity contribution in [1.82, 2.24) is 0 Å². The van der Waals surface area contributed by atoms with E-state index in [0.717, 1.165) is 16.0 Å². The van der Waals surface area contributed by atoms with Crippen LogP contribution < -0.4 is 11.1 Å². The van der Waals surface area contributed by atoms with E-state index in [2.05, 4.69) is 5.32 Å². The number of rotatable bonds is 5. The minimum atomic E-state index is -0.600. The van der Waals surface area contributed by atoms with Crippen LogP contribution in [0.25, 0.3) is 16.5 Å². The SMILES string of the molecule is NC(=O)c1cc(-c2ccccc2)sc1NC(=O)C=Cc1ccc(Cl)c(Cl)c1. The molecule has 1 aromatic heterocycles. The average Bonchev–Trinajstić information content (AvgIpc) is 3.07. The van der Waals surface area contributed by atoms with Gasteiger partial charge in [0.15, 0.2) is 0 Å². The Hall–Kier alpha value is -2.60. The first kappa shape index (κ1) is 19.2. The largest absolute Gasteiger partial charge is 0.366 e. The molecule has 3 N–H and O–H groups in total. The van der Waals surface area contributed by atoms with Crippen LogP contribution in [0.5, 0.6) is 0 Å². The van der Waals surface area contributed by atoms with Gasteiger partial charge in [0.25, 0.3) is 5.91 Å². The van der Waals surface area contributed by atoms with E-state index in [1.54, 1.807) is 30.3 Å². The summed E-state index contributed by atoms with van der Waals surface area (Å²) in [6.07, 6.45) is 2.96. The molecule has 0 aliphatic carbocycles. The molecular formula is C20H14Cl2N2O2S. The lowest BCUT2D eigenvalue weighted by Gasteiger charge is -2.01. The number of carbonyl (C=O) groups is 2. The molecule has 4 nitrogen and oxygen atoms in total. The van der Waals surface area contributed by atoms with Gasteiger partial charge in [-0.2, -0.15) is 0 Å². The van der Waals surface area contributed by atoms with E-state index in [1.165, 1.54) is 17.4 Å². The molecule has 0 fully saturated rings. The Bertz CT molecular complexity index is 1030. The van der Waals surface area contributed by atoms with E-state index in [9.17, 15) is 9.59 Å². The Morgan fingerprint density at radius 1 is 1.00 bits per heavy atom. The van der Waals surface area contributed by atoms with Gasteiger partial charge in [-0.1, -0.05) is 59.6 Å². The number of nitrogens with one attached hydrogen (secondary N) is 1. The Morgan fingerprint density at radius 3 is 2.41 bits per heavy atom. The fraction of sp³-hybridized carbons (Fsp3) is 0. The van der Waals surface area contributed by atoms with Crippen molar-refractivity contribution >= 4 is 57.4 Å². The van der Waals surface area contributed by atoms with E-state index in [4.69, 9.17) is 28.9 Å². The normalized spacial score (nSPS) is 10.9. The van der Waals surface area contributed by atoms with Gasteiger partial charge in [0.1, 0.15) is 5.00 Å². The first-order valence-corrected chi connectivity index (χ1v) is 9.44. The molecular weight excluding hydrogens is 403 g/mol. The lowest BCUT2D eigenvalue weighted by molar-refractivity contribution is -0.111. The zero-order valence-electron chi connectivity index (χ0n) is 13.9. The molecule has 0 bridgehead atoms. The molecule has 0 saturated carbocycles. The monoisotopic (exact) mass is 416 g/mol. The van der Waals surface area contributed by atoms with Crippen LogP contribution >= 0.6 is 34.5 Å². The number of carbonyl (C=O) groups excluding carboxylic acids is 2. The van der Waals surface area contributed by atoms with Gasteiger partial charge in [-0.05, 0) is 35.4 Å². The maximum Gasteiger partial charge on any atom is 0.251 e. The Balaban J connectivity index is 1.80. The number of thiophene rings is 1. The smallest absolute Gasteiger partial charge is 0.251 e. The summed E-state index contributed by atoms with van der Waals surface area (Å²) in [4.78, 5) is 24.8. The van der Waals surface area contributed by atoms with Crippen molar-refractivity contribution in [3.63, 3.8) is 0 Å². The summed E-state index contributed by atoms with van der Waals surface area (Å²) in [6.45, 7) is 0. The highest BCUT2D eigenvalue weighted by Gasteiger charge is 2.16. The van der Waals surface area contributed by atoms with Gasteiger partial charge in [-0.3, -0.25) is 9.59 Å². The predicted molar refractivity (Wildman–Crippen MR) is 112 cm³/mol. The van der Waals surface area contributed by atoms with Gasteiger partial charge >= 0.3 is 0 Å². The molecule has 2 aromatic carbocycles. The molecule has 0 aliphatic rings. The third-order valence-electron chi connectivity index (χ3n) is 3.66. The lowest BCUT2D eigenvalue weighted by Crippen LogP contribution is -2.14. The number of amides is 2. The fourth-order valence-corrected chi connectivity index (χ4v) is 3.73. The quantitative estimate of drug-likeness (QED) is 0.540. The van der Waals surface area contributed by atoms with Crippen LogP contribution in [0.4, 0.5) is 5.00 Å². The second kappa shape index (κ2) is 8.39. The van der Waals surface area contributed by atoms with Gasteiger partial charge in [0.05, 0.1) is 15.6 Å². The molecule has 7 heteroatoms. The van der Waals surface area contributed by atoms with Crippen LogP contribution in [0.2, 0.25) is 10.0 Å². The third kappa shape index (κ3) is 4.77. The van der Waals surface area contributed by atoms with Crippen LogP contribution in [0.3, 0.4) is 0 Å². The van der Waals surface area contributed by atoms with Crippen molar-refractivity contribution in [2.24, 2.45) is 5.73 Å². The third-order valence-corrected chi connectivity index (χ3v) is 5.50. The minimum Gasteiger partial charge on any atom is -0.366 e. The first-order chi connectivity index (χ1) is 12.9. The Kier molecular flexibility index (Phi) is 5.96. The molecule has 136 valence electrons. The molecule has 0 aliphatic heterocycles. The van der Waals surface area contributed by atoms with E-state index < -0.39 is 5.91 Å². The molecule has 0 radical (unpaired) electrons. The molecule has 0 saturated heterocycles. The molecule has 1 heterocycles. The van der Waals surface area contributed by atoms with Crippen molar-refractivity contribution in [1.29, 1.82) is 0 Å². The van der Waals surface area contributed by atoms with Crippen molar-refractivity contribution < 1.29 is 9.59 Å². The fourth-order valence-electron chi connectivity index (χ4n) is 2.35. The second-order valence-electron chi connectivity index (χ2n) is 5.58. The summed E-state index contributed by atoms with van der Waals surface area (Å²) in [5.41, 5.74) is 7.39. The highest BCUT2D eigenvalue weighted by Crippen LogP contribution is 2.35. The van der Waals surface area contributed by atoms with Gasteiger partial charge in [0, 0.05) is 11.0 Å². The summed E-state index contributed by atoms with van der Waals surface area (Å²) in [5.74, 6) is -0.984. The molecule has 3 rings (SSSR count). The number of primary amides is 1. The number of benzene rings is 2. The zero-order chi connectivity index (χ0) is 19.4. The van der Waals surface area contributed by atoms with E-state index in [1.807, 2.05) is 30.3 Å². The van der Waals surface area contributed by atoms with E-state index in [0.29, 0.717) is 15.0 Å². The van der Waals surface area contributed by atoms with Crippen molar-refractivity contribution in [3.8, 4) is 10.4 Å². The zero-order valence-corrected chi connectivity index (χ0v) is 16.2. The molecule has 0 unspecified atom stereocenters. The van der Waals surface area contributed by atoms with Gasteiger partial charge in [0.2, 0.25) is 5.91 Å². The highest BCUT2D eigenvalue weighted by atomic mass is 35.5. The first-order valence-electron chi connectivity index (χ1n) is 7.87. The van der Waals surface area contributed by atoms with Gasteiger partial charge in [-0.15, -0.1) is 11.3 Å². The van der Waals surface area contributed by atoms with Crippen LogP contribution in [-0.4, -0.2) is 11.8 Å². The van der Waals surface area contributed by atoms with Crippen molar-refractivity contribution in [2.75, 3.05) is 5.32 Å². The number of halogens is 2. The lowest BCUT2D eigenvalue weighted by atomic mass is 10.1. The number of hydrogen-bond donors (Lipinski definition) is 2. The summed E-state index contributed by atoms with van der Waals surface area (Å²) in [6, 6.07) is 16.3. The summed E-state index contributed by atoms with van der Waals surface area (Å²) < 4.78 is 0. The molecule has 3 aromatic rings. The minimum absolute atomic E-state index is 0.273. The van der Waals surface area contributed by atoms with Crippen LogP contribution in [0.15, 0.2) is 60.7 Å². The van der Waals surface area contributed by atoms with Crippen LogP contribution in [0.1, 0.15) is 15.9 Å². The summed E-state index contributed by atoms with van der Waals surface area (Å²) in [5, 5.41) is 3.96. The topological polar surface area (TPSA) is 72.2 Å². The van der Waals surface area contributed by atoms with Crippen molar-refractivity contribution in [2.45, 2.75) is 0 Å². The van der Waals surface area contributed by atoms with Crippen LogP contribution in [-0.2, 0) is 4.79 Å². The molecule has 0 spiro atoms. The van der Waals surface area contributed by atoms with Crippen molar-refractivity contribution in [3.05, 3.63) is 81.8 Å². The number of anilines is 1. The molecule has 2 amide bonds. The predicted octanol–water partition coefficient (Wildman–Crippen LogP) is 5.47. The van der Waals surface area contributed by atoms with Gasteiger partial charge < -0.3 is 11.1 Å². The standard InChI is InChI=1S/C20H14Cl2N2O2S/c21-15-8-6-12(10-16(15)22)7-9-18(25)24-20-14(19(23)26)11-17(27-20)13-4-2-1-3-5-13/h1-11H,(H2,23,26)(H,24,25). The highest BCUT2D eigenvalue weighted by molar-refractivity contribution is 7.20. The summed E-state index contributed by atoms with van der Waals surface area (Å²) >= 11 is 13.1. The molecule has 0 atom stereocenters. The number of nitrogens with two attached hydrogens (primary N) is 1. The molecule has 27 heavy (non-hydrogen) atoms. The summed E-state index contributed by atoms with van der Waals surface area (Å²) in [7, 11) is 0. The maximum absolute atomic E-state index is 12.3.